The molecule has 1 aromatic carbocycles. The van der Waals surface area contributed by atoms with E-state index in [1.165, 1.54) is 18.5 Å². The molecule has 0 atom stereocenters. The van der Waals surface area contributed by atoms with Crippen molar-refractivity contribution >= 4 is 5.82 Å². The van der Waals surface area contributed by atoms with Crippen LogP contribution in [0.15, 0.2) is 30.6 Å². The Morgan fingerprint density at radius 2 is 2.00 bits per heavy atom. The molecule has 3 rings (SSSR count). The lowest BCUT2D eigenvalue weighted by Gasteiger charge is -2.06. The molecule has 0 aliphatic heterocycles. The van der Waals surface area contributed by atoms with Crippen LogP contribution in [0.1, 0.15) is 18.4 Å². The topological polar surface area (TPSA) is 73.5 Å². The van der Waals surface area contributed by atoms with Crippen molar-refractivity contribution in [3.8, 4) is 5.69 Å². The van der Waals surface area contributed by atoms with E-state index >= 15 is 0 Å². The molecule has 22 heavy (non-hydrogen) atoms. The molecule has 0 bridgehead atoms. The highest BCUT2D eigenvalue weighted by Gasteiger charge is 2.11. The maximum atomic E-state index is 13.0. The number of aromatic nitrogens is 6. The number of rotatable bonds is 5. The Hall–Kier alpha value is -2.77. The number of aryl methyl sites for hydroxylation is 1. The lowest BCUT2D eigenvalue weighted by molar-refractivity contribution is 0.621. The summed E-state index contributed by atoms with van der Waals surface area (Å²) in [7, 11) is 0. The van der Waals surface area contributed by atoms with Gasteiger partial charge in [-0.05, 0) is 38.1 Å². The third-order valence-corrected chi connectivity index (χ3v) is 3.37. The third kappa shape index (κ3) is 2.67. The normalized spacial score (nSPS) is 10.9. The summed E-state index contributed by atoms with van der Waals surface area (Å²) in [6, 6.07) is 6.11. The predicted molar refractivity (Wildman–Crippen MR) is 79.1 cm³/mol. The van der Waals surface area contributed by atoms with Gasteiger partial charge in [0.1, 0.15) is 18.0 Å². The number of halogens is 1. The Morgan fingerprint density at radius 1 is 1.23 bits per heavy atom. The Bertz CT molecular complexity index is 760. The van der Waals surface area contributed by atoms with Crippen LogP contribution in [-0.4, -0.2) is 29.8 Å². The minimum absolute atomic E-state index is 0.279. The molecule has 0 amide bonds. The molecule has 0 unspecified atom stereocenters. The van der Waals surface area contributed by atoms with Gasteiger partial charge in [0, 0.05) is 6.54 Å². The molecule has 0 saturated heterocycles. The zero-order valence-electron chi connectivity index (χ0n) is 12.4. The van der Waals surface area contributed by atoms with Crippen LogP contribution in [0.5, 0.6) is 0 Å². The van der Waals surface area contributed by atoms with Crippen LogP contribution in [0.25, 0.3) is 5.69 Å². The van der Waals surface area contributed by atoms with Gasteiger partial charge in [0.25, 0.3) is 0 Å². The van der Waals surface area contributed by atoms with Gasteiger partial charge < -0.3 is 5.32 Å². The summed E-state index contributed by atoms with van der Waals surface area (Å²) in [5.41, 5.74) is 1.60. The summed E-state index contributed by atoms with van der Waals surface area (Å²) in [6.45, 7) is 5.18. The summed E-state index contributed by atoms with van der Waals surface area (Å²) in [6.07, 6.45) is 1.53. The van der Waals surface area contributed by atoms with Crippen molar-refractivity contribution in [1.29, 1.82) is 0 Å². The summed E-state index contributed by atoms with van der Waals surface area (Å²) >= 11 is 0. The van der Waals surface area contributed by atoms with E-state index in [-0.39, 0.29) is 5.82 Å². The van der Waals surface area contributed by atoms with E-state index in [1.807, 2.05) is 18.5 Å². The standard InChI is InChI=1S/C14H16FN7/c1-3-21-13(17-9-18-21)8-16-14-10(2)22(20-19-14)12-6-4-11(15)5-7-12/h4-7,9,16H,3,8H2,1-2H3. The molecule has 0 spiro atoms. The summed E-state index contributed by atoms with van der Waals surface area (Å²) in [5.74, 6) is 1.21. The molecule has 0 saturated carbocycles. The van der Waals surface area contributed by atoms with E-state index < -0.39 is 0 Å². The van der Waals surface area contributed by atoms with Gasteiger partial charge in [0.15, 0.2) is 5.82 Å². The Balaban J connectivity index is 1.77. The van der Waals surface area contributed by atoms with Gasteiger partial charge in [0.2, 0.25) is 0 Å². The van der Waals surface area contributed by atoms with Gasteiger partial charge in [-0.1, -0.05) is 5.21 Å². The lowest BCUT2D eigenvalue weighted by Crippen LogP contribution is -2.10. The molecular formula is C14H16FN7. The molecule has 114 valence electrons. The second-order valence-electron chi connectivity index (χ2n) is 4.76. The number of nitrogens with zero attached hydrogens (tertiary/aromatic N) is 6. The second kappa shape index (κ2) is 5.92. The van der Waals surface area contributed by atoms with E-state index in [4.69, 9.17) is 0 Å². The van der Waals surface area contributed by atoms with Crippen molar-refractivity contribution in [1.82, 2.24) is 29.8 Å². The van der Waals surface area contributed by atoms with Gasteiger partial charge in [0.05, 0.1) is 17.9 Å². The minimum Gasteiger partial charge on any atom is -0.360 e. The van der Waals surface area contributed by atoms with Crippen molar-refractivity contribution < 1.29 is 4.39 Å². The maximum Gasteiger partial charge on any atom is 0.172 e. The first-order valence-electron chi connectivity index (χ1n) is 6.98. The first-order valence-corrected chi connectivity index (χ1v) is 6.98. The quantitative estimate of drug-likeness (QED) is 0.779. The Labute approximate surface area is 126 Å². The van der Waals surface area contributed by atoms with Crippen LogP contribution in [0, 0.1) is 12.7 Å². The highest BCUT2D eigenvalue weighted by atomic mass is 19.1. The van der Waals surface area contributed by atoms with Crippen molar-refractivity contribution in [2.75, 3.05) is 5.32 Å². The van der Waals surface area contributed by atoms with Crippen LogP contribution in [0.2, 0.25) is 0 Å². The van der Waals surface area contributed by atoms with E-state index in [9.17, 15) is 4.39 Å². The molecule has 0 aliphatic rings. The fourth-order valence-electron chi connectivity index (χ4n) is 2.17. The first-order chi connectivity index (χ1) is 10.7. The lowest BCUT2D eigenvalue weighted by atomic mass is 10.3. The number of nitrogens with one attached hydrogen (secondary N) is 1. The van der Waals surface area contributed by atoms with E-state index in [0.717, 1.165) is 23.8 Å². The fraction of sp³-hybridized carbons (Fsp3) is 0.286. The highest BCUT2D eigenvalue weighted by Crippen LogP contribution is 2.16. The van der Waals surface area contributed by atoms with E-state index in [0.29, 0.717) is 12.4 Å². The van der Waals surface area contributed by atoms with Crippen molar-refractivity contribution in [3.05, 3.63) is 47.9 Å². The monoisotopic (exact) mass is 301 g/mol. The van der Waals surface area contributed by atoms with Gasteiger partial charge >= 0.3 is 0 Å². The smallest absolute Gasteiger partial charge is 0.172 e. The molecule has 7 nitrogen and oxygen atoms in total. The fourth-order valence-corrected chi connectivity index (χ4v) is 2.17. The highest BCUT2D eigenvalue weighted by molar-refractivity contribution is 5.43. The second-order valence-corrected chi connectivity index (χ2v) is 4.76. The summed E-state index contributed by atoms with van der Waals surface area (Å²) < 4.78 is 16.5. The van der Waals surface area contributed by atoms with Crippen LogP contribution < -0.4 is 5.32 Å². The molecule has 1 N–H and O–H groups in total. The molecule has 0 aliphatic carbocycles. The third-order valence-electron chi connectivity index (χ3n) is 3.37. The predicted octanol–water partition coefficient (Wildman–Crippen LogP) is 1.94. The number of anilines is 1. The van der Waals surface area contributed by atoms with Gasteiger partial charge in [-0.15, -0.1) is 5.10 Å². The molecule has 2 heterocycles. The van der Waals surface area contributed by atoms with Gasteiger partial charge in [-0.2, -0.15) is 5.10 Å². The maximum absolute atomic E-state index is 13.0. The molecule has 0 fully saturated rings. The van der Waals surface area contributed by atoms with Crippen molar-refractivity contribution in [2.24, 2.45) is 0 Å². The number of hydrogen-bond acceptors (Lipinski definition) is 5. The Kier molecular flexibility index (Phi) is 3.82. The Morgan fingerprint density at radius 3 is 2.73 bits per heavy atom. The average Bonchev–Trinajstić information content (AvgIpc) is 3.12. The molecule has 8 heteroatoms. The summed E-state index contributed by atoms with van der Waals surface area (Å²) in [4.78, 5) is 4.20. The molecule has 2 aromatic heterocycles. The molecule has 0 radical (unpaired) electrons. The van der Waals surface area contributed by atoms with Crippen LogP contribution in [0.4, 0.5) is 10.2 Å². The first kappa shape index (κ1) is 14.2. The zero-order valence-corrected chi connectivity index (χ0v) is 12.4. The number of benzene rings is 1. The van der Waals surface area contributed by atoms with Gasteiger partial charge in [-0.3, -0.25) is 0 Å². The van der Waals surface area contributed by atoms with Crippen LogP contribution in [0.3, 0.4) is 0 Å². The minimum atomic E-state index is -0.279. The van der Waals surface area contributed by atoms with E-state index in [1.54, 1.807) is 16.8 Å². The zero-order chi connectivity index (χ0) is 15.5. The molecule has 3 aromatic rings. The van der Waals surface area contributed by atoms with Crippen molar-refractivity contribution in [3.63, 3.8) is 0 Å². The van der Waals surface area contributed by atoms with E-state index in [2.05, 4.69) is 25.7 Å². The number of hydrogen-bond donors (Lipinski definition) is 1. The van der Waals surface area contributed by atoms with Crippen LogP contribution >= 0.6 is 0 Å². The SMILES string of the molecule is CCn1ncnc1CNc1nnn(-c2ccc(F)cc2)c1C. The summed E-state index contributed by atoms with van der Waals surface area (Å²) in [5, 5.41) is 15.5. The largest absolute Gasteiger partial charge is 0.360 e. The van der Waals surface area contributed by atoms with Crippen LogP contribution in [-0.2, 0) is 13.1 Å². The van der Waals surface area contributed by atoms with Gasteiger partial charge in [-0.25, -0.2) is 18.7 Å². The van der Waals surface area contributed by atoms with Crippen molar-refractivity contribution in [2.45, 2.75) is 26.9 Å². The average molecular weight is 301 g/mol. The molecular weight excluding hydrogens is 285 g/mol.